The number of allylic oxidation sites excluding steroid dienone is 2. The van der Waals surface area contributed by atoms with Crippen LogP contribution in [0.15, 0.2) is 12.2 Å². The lowest BCUT2D eigenvalue weighted by Gasteiger charge is -2.27. The Balaban J connectivity index is 2.58. The predicted octanol–water partition coefficient (Wildman–Crippen LogP) is 2.83. The molecule has 1 aliphatic rings. The van der Waals surface area contributed by atoms with Crippen LogP contribution in [0.2, 0.25) is 0 Å². The van der Waals surface area contributed by atoms with E-state index in [0.29, 0.717) is 0 Å². The van der Waals surface area contributed by atoms with E-state index in [1.165, 1.54) is 0 Å². The van der Waals surface area contributed by atoms with Gasteiger partial charge in [-0.2, -0.15) is 0 Å². The lowest BCUT2D eigenvalue weighted by atomic mass is 9.90. The Morgan fingerprint density at radius 2 is 1.89 bits per heavy atom. The van der Waals surface area contributed by atoms with Crippen molar-refractivity contribution in [3.8, 4) is 0 Å². The molecule has 0 aromatic heterocycles. The molecule has 0 radical (unpaired) electrons. The van der Waals surface area contributed by atoms with Crippen LogP contribution in [-0.2, 0) is 9.53 Å². The van der Waals surface area contributed by atoms with Gasteiger partial charge in [0.2, 0.25) is 0 Å². The van der Waals surface area contributed by atoms with Gasteiger partial charge in [0.25, 0.3) is 0 Å². The van der Waals surface area contributed by atoms with E-state index in [1.807, 2.05) is 20.8 Å². The van der Waals surface area contributed by atoms with Gasteiger partial charge in [0.05, 0.1) is 0 Å². The summed E-state index contributed by atoms with van der Waals surface area (Å²) in [6, 6.07) is -0.123. The van der Waals surface area contributed by atoms with Gasteiger partial charge >= 0.3 is 6.09 Å². The molecule has 4 heteroatoms. The van der Waals surface area contributed by atoms with Gasteiger partial charge in [0.15, 0.2) is 0 Å². The number of carbonyl (C=O) groups is 2. The van der Waals surface area contributed by atoms with Crippen LogP contribution in [0.4, 0.5) is 4.79 Å². The van der Waals surface area contributed by atoms with Gasteiger partial charge in [-0.25, -0.2) is 4.79 Å². The highest BCUT2D eigenvalue weighted by molar-refractivity contribution is 5.69. The van der Waals surface area contributed by atoms with Crippen molar-refractivity contribution in [2.45, 2.75) is 58.1 Å². The Morgan fingerprint density at radius 1 is 1.28 bits per heavy atom. The van der Waals surface area contributed by atoms with Gasteiger partial charge in [-0.05, 0) is 46.5 Å². The number of rotatable bonds is 2. The molecule has 18 heavy (non-hydrogen) atoms. The number of ether oxygens (including phenoxy) is 1. The van der Waals surface area contributed by atoms with E-state index in [2.05, 4.69) is 17.5 Å². The third-order valence-electron chi connectivity index (χ3n) is 2.87. The molecule has 0 saturated carbocycles. The SMILES string of the molecule is CC(C)(C)OC(=O)NC1CCC=CCCC1C=O. The summed E-state index contributed by atoms with van der Waals surface area (Å²) in [4.78, 5) is 22.8. The number of alkyl carbamates (subject to hydrolysis) is 1. The molecule has 1 rings (SSSR count). The molecule has 2 atom stereocenters. The van der Waals surface area contributed by atoms with Crippen LogP contribution < -0.4 is 5.32 Å². The minimum Gasteiger partial charge on any atom is -0.444 e. The van der Waals surface area contributed by atoms with E-state index in [4.69, 9.17) is 4.74 Å². The van der Waals surface area contributed by atoms with Crippen LogP contribution in [0, 0.1) is 5.92 Å². The third-order valence-corrected chi connectivity index (χ3v) is 2.87. The fourth-order valence-corrected chi connectivity index (χ4v) is 2.02. The maximum atomic E-state index is 11.7. The standard InChI is InChI=1S/C14H23NO3/c1-14(2,3)18-13(17)15-12-9-7-5-4-6-8-11(12)10-16/h4-5,10-12H,6-9H2,1-3H3,(H,15,17). The highest BCUT2D eigenvalue weighted by Crippen LogP contribution is 2.18. The summed E-state index contributed by atoms with van der Waals surface area (Å²) in [6.07, 6.45) is 8.02. The van der Waals surface area contributed by atoms with Crippen LogP contribution in [0.1, 0.15) is 46.5 Å². The maximum Gasteiger partial charge on any atom is 0.407 e. The quantitative estimate of drug-likeness (QED) is 0.608. The largest absolute Gasteiger partial charge is 0.444 e. The number of amides is 1. The Labute approximate surface area is 109 Å². The zero-order chi connectivity index (χ0) is 13.6. The summed E-state index contributed by atoms with van der Waals surface area (Å²) in [5.74, 6) is -0.123. The van der Waals surface area contributed by atoms with Crippen molar-refractivity contribution >= 4 is 12.4 Å². The highest BCUT2D eigenvalue weighted by Gasteiger charge is 2.25. The number of carbonyl (C=O) groups excluding carboxylic acids is 2. The molecule has 1 amide bonds. The summed E-state index contributed by atoms with van der Waals surface area (Å²) < 4.78 is 5.22. The zero-order valence-corrected chi connectivity index (χ0v) is 11.4. The summed E-state index contributed by atoms with van der Waals surface area (Å²) in [5.41, 5.74) is -0.512. The Morgan fingerprint density at radius 3 is 2.44 bits per heavy atom. The van der Waals surface area contributed by atoms with Crippen LogP contribution in [0.3, 0.4) is 0 Å². The predicted molar refractivity (Wildman–Crippen MR) is 70.3 cm³/mol. The minimum atomic E-state index is -0.512. The summed E-state index contributed by atoms with van der Waals surface area (Å²) >= 11 is 0. The van der Waals surface area contributed by atoms with Crippen molar-refractivity contribution in [2.24, 2.45) is 5.92 Å². The van der Waals surface area contributed by atoms with Gasteiger partial charge in [-0.1, -0.05) is 12.2 Å². The maximum absolute atomic E-state index is 11.7. The normalized spacial score (nSPS) is 24.8. The molecule has 0 aromatic carbocycles. The van der Waals surface area contributed by atoms with Crippen molar-refractivity contribution in [1.82, 2.24) is 5.32 Å². The number of aldehydes is 1. The van der Waals surface area contributed by atoms with Crippen molar-refractivity contribution in [3.63, 3.8) is 0 Å². The number of nitrogens with one attached hydrogen (secondary N) is 1. The highest BCUT2D eigenvalue weighted by atomic mass is 16.6. The van der Waals surface area contributed by atoms with E-state index in [9.17, 15) is 9.59 Å². The molecule has 0 fully saturated rings. The Kier molecular flexibility index (Phi) is 5.38. The average molecular weight is 253 g/mol. The molecule has 102 valence electrons. The second kappa shape index (κ2) is 6.57. The van der Waals surface area contributed by atoms with E-state index in [0.717, 1.165) is 32.0 Å². The van der Waals surface area contributed by atoms with Crippen LogP contribution in [0.25, 0.3) is 0 Å². The molecule has 0 heterocycles. The van der Waals surface area contributed by atoms with Gasteiger partial charge < -0.3 is 14.8 Å². The molecule has 0 saturated heterocycles. The summed E-state index contributed by atoms with van der Waals surface area (Å²) in [5, 5.41) is 2.82. The van der Waals surface area contributed by atoms with Gasteiger partial charge in [0.1, 0.15) is 11.9 Å². The molecule has 2 unspecified atom stereocenters. The molecule has 1 N–H and O–H groups in total. The van der Waals surface area contributed by atoms with Gasteiger partial charge in [-0.15, -0.1) is 0 Å². The van der Waals surface area contributed by atoms with Crippen molar-refractivity contribution in [1.29, 1.82) is 0 Å². The van der Waals surface area contributed by atoms with Crippen LogP contribution >= 0.6 is 0 Å². The number of hydrogen-bond acceptors (Lipinski definition) is 3. The topological polar surface area (TPSA) is 55.4 Å². The van der Waals surface area contributed by atoms with Crippen molar-refractivity contribution in [2.75, 3.05) is 0 Å². The molecular formula is C14H23NO3. The molecule has 0 aliphatic heterocycles. The molecule has 1 aliphatic carbocycles. The van der Waals surface area contributed by atoms with Crippen molar-refractivity contribution in [3.05, 3.63) is 12.2 Å². The zero-order valence-electron chi connectivity index (χ0n) is 11.4. The first-order valence-electron chi connectivity index (χ1n) is 6.52. The second-order valence-electron chi connectivity index (χ2n) is 5.68. The fraction of sp³-hybridized carbons (Fsp3) is 0.714. The van der Waals surface area contributed by atoms with Crippen LogP contribution in [0.5, 0.6) is 0 Å². The fourth-order valence-electron chi connectivity index (χ4n) is 2.02. The summed E-state index contributed by atoms with van der Waals surface area (Å²) in [6.45, 7) is 5.47. The average Bonchev–Trinajstić information content (AvgIpc) is 2.20. The van der Waals surface area contributed by atoms with E-state index in [-0.39, 0.29) is 12.0 Å². The third kappa shape index (κ3) is 5.34. The molecule has 4 nitrogen and oxygen atoms in total. The first-order chi connectivity index (χ1) is 8.42. The molecule has 0 spiro atoms. The molecular weight excluding hydrogens is 230 g/mol. The van der Waals surface area contributed by atoms with E-state index in [1.54, 1.807) is 0 Å². The first-order valence-corrected chi connectivity index (χ1v) is 6.52. The smallest absolute Gasteiger partial charge is 0.407 e. The monoisotopic (exact) mass is 253 g/mol. The lowest BCUT2D eigenvalue weighted by molar-refractivity contribution is -0.112. The first kappa shape index (κ1) is 14.7. The minimum absolute atomic E-state index is 0.123. The molecule has 0 bridgehead atoms. The lowest BCUT2D eigenvalue weighted by Crippen LogP contribution is -2.43. The van der Waals surface area contributed by atoms with Crippen LogP contribution in [-0.4, -0.2) is 24.0 Å². The van der Waals surface area contributed by atoms with Gasteiger partial charge in [0, 0.05) is 12.0 Å². The van der Waals surface area contributed by atoms with Crippen molar-refractivity contribution < 1.29 is 14.3 Å². The Bertz CT molecular complexity index is 317. The number of hydrogen-bond donors (Lipinski definition) is 1. The van der Waals surface area contributed by atoms with Gasteiger partial charge in [-0.3, -0.25) is 0 Å². The van der Waals surface area contributed by atoms with E-state index < -0.39 is 11.7 Å². The van der Waals surface area contributed by atoms with E-state index >= 15 is 0 Å². The molecule has 0 aromatic rings. The Hall–Kier alpha value is -1.32. The summed E-state index contributed by atoms with van der Waals surface area (Å²) in [7, 11) is 0. The second-order valence-corrected chi connectivity index (χ2v) is 5.68.